The lowest BCUT2D eigenvalue weighted by Crippen LogP contribution is -2.29. The van der Waals surface area contributed by atoms with Crippen LogP contribution in [0.5, 0.6) is 0 Å². The number of nitrogens with one attached hydrogen (secondary N) is 1. The summed E-state index contributed by atoms with van der Waals surface area (Å²) in [7, 11) is -9.70. The van der Waals surface area contributed by atoms with Crippen LogP contribution in [0.1, 0.15) is 10.4 Å². The minimum absolute atomic E-state index is 0.0886. The number of amides is 1. The Morgan fingerprint density at radius 2 is 1.78 bits per heavy atom. The number of rotatable bonds is 7. The van der Waals surface area contributed by atoms with Crippen molar-refractivity contribution in [1.82, 2.24) is 0 Å². The first-order chi connectivity index (χ1) is 17.1. The Balaban J connectivity index is 2.02. The summed E-state index contributed by atoms with van der Waals surface area (Å²) in [5, 5.41) is 8.82. The molecule has 2 aromatic carbocycles. The molecule has 3 rings (SSSR count). The van der Waals surface area contributed by atoms with Crippen LogP contribution in [0.2, 0.25) is 0 Å². The van der Waals surface area contributed by atoms with Crippen LogP contribution in [0.4, 0.5) is 23.7 Å². The second-order valence-electron chi connectivity index (χ2n) is 7.36. The number of thiophene rings is 1. The molecule has 0 aliphatic rings. The topological polar surface area (TPSA) is 156 Å². The standard InChI is InChI=1S/C21H18F3N3O6S4/c1-11-8-13(27-37(32,33)21(22,23)24)6-7-15(11)12-4-3-5-14(9-12)36(30,31)17-10-16(35-19(17)34-2)18(25)26-20(28)29/h3-10,27H,1-2H3,(H2,25,26)(H,28,29). The van der Waals surface area contributed by atoms with Crippen molar-refractivity contribution in [1.29, 1.82) is 0 Å². The fourth-order valence-electron chi connectivity index (χ4n) is 3.19. The highest BCUT2D eigenvalue weighted by molar-refractivity contribution is 8.01. The first-order valence-corrected chi connectivity index (χ1v) is 14.9. The van der Waals surface area contributed by atoms with Gasteiger partial charge in [0.05, 0.1) is 18.9 Å². The zero-order chi connectivity index (χ0) is 27.8. The van der Waals surface area contributed by atoms with E-state index in [1.165, 1.54) is 48.0 Å². The van der Waals surface area contributed by atoms with E-state index >= 15 is 0 Å². The van der Waals surface area contributed by atoms with Crippen LogP contribution >= 0.6 is 23.1 Å². The van der Waals surface area contributed by atoms with Gasteiger partial charge in [-0.3, -0.25) is 4.72 Å². The van der Waals surface area contributed by atoms with E-state index < -0.39 is 31.5 Å². The number of hydrogen-bond donors (Lipinski definition) is 3. The second-order valence-corrected chi connectivity index (χ2v) is 13.1. The predicted octanol–water partition coefficient (Wildman–Crippen LogP) is 4.92. The summed E-state index contributed by atoms with van der Waals surface area (Å²) >= 11 is 2.10. The highest BCUT2D eigenvalue weighted by Crippen LogP contribution is 2.38. The van der Waals surface area contributed by atoms with Crippen molar-refractivity contribution in [3.63, 3.8) is 0 Å². The number of alkyl halides is 3. The molecular weight excluding hydrogens is 576 g/mol. The summed E-state index contributed by atoms with van der Waals surface area (Å²) in [6.45, 7) is 1.53. The van der Waals surface area contributed by atoms with Crippen molar-refractivity contribution < 1.29 is 39.9 Å². The van der Waals surface area contributed by atoms with Crippen LogP contribution in [0.15, 0.2) is 67.5 Å². The Hall–Kier alpha value is -3.08. The lowest BCUT2D eigenvalue weighted by atomic mass is 10.0. The third kappa shape index (κ3) is 6.08. The molecule has 1 heterocycles. The maximum absolute atomic E-state index is 13.5. The Kier molecular flexibility index (Phi) is 7.97. The summed E-state index contributed by atoms with van der Waals surface area (Å²) in [4.78, 5) is 14.0. The third-order valence-electron chi connectivity index (χ3n) is 4.85. The fraction of sp³-hybridized carbons (Fsp3) is 0.143. The molecule has 37 heavy (non-hydrogen) atoms. The lowest BCUT2D eigenvalue weighted by molar-refractivity contribution is -0.0429. The zero-order valence-electron chi connectivity index (χ0n) is 18.9. The number of thioether (sulfide) groups is 1. The van der Waals surface area contributed by atoms with Crippen LogP contribution < -0.4 is 10.5 Å². The molecule has 0 bridgehead atoms. The molecule has 9 nitrogen and oxygen atoms in total. The number of nitrogens with zero attached hydrogens (tertiary/aromatic N) is 1. The number of benzene rings is 2. The maximum Gasteiger partial charge on any atom is 0.516 e. The van der Waals surface area contributed by atoms with E-state index in [1.54, 1.807) is 12.3 Å². The van der Waals surface area contributed by atoms with E-state index in [0.29, 0.717) is 20.9 Å². The number of amidine groups is 1. The molecule has 0 fully saturated rings. The van der Waals surface area contributed by atoms with Gasteiger partial charge in [0.2, 0.25) is 9.84 Å². The molecule has 1 amide bonds. The summed E-state index contributed by atoms with van der Waals surface area (Å²) in [5.41, 5.74) is 1.15. The molecule has 3 aromatic rings. The quantitative estimate of drug-likeness (QED) is 0.198. The van der Waals surface area contributed by atoms with Crippen molar-refractivity contribution in [2.24, 2.45) is 10.7 Å². The molecular formula is C21H18F3N3O6S4. The number of sulfonamides is 1. The number of nitrogens with two attached hydrogens (primary N) is 1. The minimum atomic E-state index is -5.60. The van der Waals surface area contributed by atoms with Gasteiger partial charge in [-0.25, -0.2) is 13.2 Å². The highest BCUT2D eigenvalue weighted by atomic mass is 32.2. The monoisotopic (exact) mass is 593 g/mol. The van der Waals surface area contributed by atoms with Crippen molar-refractivity contribution >= 4 is 60.6 Å². The third-order valence-corrected chi connectivity index (χ3v) is 10.3. The Morgan fingerprint density at radius 3 is 2.35 bits per heavy atom. The zero-order valence-corrected chi connectivity index (χ0v) is 22.2. The number of carbonyl (C=O) groups is 1. The van der Waals surface area contributed by atoms with E-state index in [4.69, 9.17) is 10.8 Å². The van der Waals surface area contributed by atoms with Gasteiger partial charge in [-0.2, -0.15) is 26.6 Å². The number of hydrogen-bond acceptors (Lipinski definition) is 7. The van der Waals surface area contributed by atoms with Gasteiger partial charge in [0, 0.05) is 5.69 Å². The van der Waals surface area contributed by atoms with E-state index in [-0.39, 0.29) is 26.2 Å². The van der Waals surface area contributed by atoms with Crippen LogP contribution in [0.25, 0.3) is 11.1 Å². The minimum Gasteiger partial charge on any atom is -0.463 e. The van der Waals surface area contributed by atoms with Crippen molar-refractivity contribution in [3.05, 3.63) is 59.0 Å². The molecule has 0 aliphatic heterocycles. The van der Waals surface area contributed by atoms with Gasteiger partial charge in [-0.15, -0.1) is 23.1 Å². The van der Waals surface area contributed by atoms with E-state index in [2.05, 4.69) is 4.99 Å². The molecule has 0 radical (unpaired) electrons. The Labute approximate surface area is 218 Å². The number of anilines is 1. The maximum atomic E-state index is 13.5. The van der Waals surface area contributed by atoms with Crippen LogP contribution in [0, 0.1) is 6.92 Å². The van der Waals surface area contributed by atoms with Crippen LogP contribution in [0.3, 0.4) is 0 Å². The largest absolute Gasteiger partial charge is 0.516 e. The molecule has 0 aliphatic carbocycles. The fourth-order valence-corrected chi connectivity index (χ4v) is 7.69. The summed E-state index contributed by atoms with van der Waals surface area (Å²) < 4.78 is 89.5. The molecule has 0 unspecified atom stereocenters. The molecule has 0 atom stereocenters. The van der Waals surface area contributed by atoms with E-state index in [1.807, 2.05) is 0 Å². The predicted molar refractivity (Wildman–Crippen MR) is 136 cm³/mol. The van der Waals surface area contributed by atoms with Gasteiger partial charge >= 0.3 is 21.6 Å². The summed E-state index contributed by atoms with van der Waals surface area (Å²) in [5.74, 6) is -0.347. The van der Waals surface area contributed by atoms with Crippen LogP contribution in [-0.4, -0.2) is 45.6 Å². The molecule has 0 spiro atoms. The average Bonchev–Trinajstić information content (AvgIpc) is 3.23. The van der Waals surface area contributed by atoms with Gasteiger partial charge in [-0.1, -0.05) is 18.2 Å². The first-order valence-electron chi connectivity index (χ1n) is 9.87. The number of halogens is 3. The second kappa shape index (κ2) is 10.4. The first kappa shape index (κ1) is 28.5. The normalized spacial score (nSPS) is 12.9. The molecule has 4 N–H and O–H groups in total. The number of carboxylic acid groups (broad SMARTS) is 1. The molecule has 1 aromatic heterocycles. The lowest BCUT2D eigenvalue weighted by Gasteiger charge is -2.13. The summed E-state index contributed by atoms with van der Waals surface area (Å²) in [6, 6.07) is 10.7. The van der Waals surface area contributed by atoms with Crippen molar-refractivity contribution in [2.75, 3.05) is 11.0 Å². The van der Waals surface area contributed by atoms with E-state index in [9.17, 15) is 34.8 Å². The van der Waals surface area contributed by atoms with Gasteiger partial charge in [-0.05, 0) is 60.2 Å². The number of aryl methyl sites for hydroxylation is 1. The molecule has 0 saturated carbocycles. The van der Waals surface area contributed by atoms with Crippen LogP contribution in [-0.2, 0) is 19.9 Å². The molecule has 16 heteroatoms. The van der Waals surface area contributed by atoms with Gasteiger partial charge in [0.25, 0.3) is 0 Å². The number of sulfone groups is 1. The molecule has 198 valence electrons. The van der Waals surface area contributed by atoms with Gasteiger partial charge in [0.1, 0.15) is 5.84 Å². The van der Waals surface area contributed by atoms with Gasteiger partial charge in [0.15, 0.2) is 0 Å². The highest BCUT2D eigenvalue weighted by Gasteiger charge is 2.46. The average molecular weight is 594 g/mol. The Morgan fingerprint density at radius 1 is 1.11 bits per heavy atom. The van der Waals surface area contributed by atoms with Crippen molar-refractivity contribution in [2.45, 2.75) is 26.4 Å². The van der Waals surface area contributed by atoms with Gasteiger partial charge < -0.3 is 10.8 Å². The SMILES string of the molecule is CSc1sc(/C(N)=N\C(=O)O)cc1S(=O)(=O)c1cccc(-c2ccc(NS(=O)(=O)C(F)(F)F)cc2C)c1. The molecule has 0 saturated heterocycles. The summed E-state index contributed by atoms with van der Waals surface area (Å²) in [6.07, 6.45) is 0.120. The van der Waals surface area contributed by atoms with E-state index in [0.717, 1.165) is 29.2 Å². The Bertz CT molecular complexity index is 1610. The smallest absolute Gasteiger partial charge is 0.463 e. The number of aliphatic imine (C=N–C) groups is 1. The van der Waals surface area contributed by atoms with Crippen molar-refractivity contribution in [3.8, 4) is 11.1 Å².